The summed E-state index contributed by atoms with van der Waals surface area (Å²) >= 11 is 6.34. The lowest BCUT2D eigenvalue weighted by molar-refractivity contribution is 0.417. The number of hydrogen-bond donors (Lipinski definition) is 2. The molecule has 0 aliphatic heterocycles. The van der Waals surface area contributed by atoms with E-state index in [1.165, 1.54) is 0 Å². The van der Waals surface area contributed by atoms with Crippen molar-refractivity contribution in [2.45, 2.75) is 13.8 Å². The quantitative estimate of drug-likeness (QED) is 0.656. The molecule has 0 saturated heterocycles. The van der Waals surface area contributed by atoms with Crippen LogP contribution in [-0.4, -0.2) is 17.1 Å². The maximum Gasteiger partial charge on any atom is 0.229 e. The first-order valence-electron chi connectivity index (χ1n) is 7.83. The van der Waals surface area contributed by atoms with Gasteiger partial charge in [0, 0.05) is 6.20 Å². The molecule has 0 aliphatic rings. The van der Waals surface area contributed by atoms with Crippen molar-refractivity contribution >= 4 is 34.7 Å². The maximum absolute atomic E-state index is 6.34. The number of hydrogen-bond acceptors (Lipinski definition) is 5. The molecule has 0 fully saturated rings. The van der Waals surface area contributed by atoms with Gasteiger partial charge in [0.05, 0.1) is 23.5 Å². The molecule has 3 aromatic rings. The second-order valence-electron chi connectivity index (χ2n) is 5.65. The second kappa shape index (κ2) is 7.40. The fourth-order valence-corrected chi connectivity index (χ4v) is 2.93. The number of benzene rings is 2. The van der Waals surface area contributed by atoms with E-state index in [4.69, 9.17) is 16.3 Å². The van der Waals surface area contributed by atoms with Gasteiger partial charge in [-0.2, -0.15) is 4.98 Å². The predicted octanol–water partition coefficient (Wildman–Crippen LogP) is 5.24. The normalized spacial score (nSPS) is 10.4. The molecule has 2 N–H and O–H groups in total. The van der Waals surface area contributed by atoms with Crippen molar-refractivity contribution in [3.8, 4) is 5.75 Å². The van der Waals surface area contributed by atoms with Gasteiger partial charge in [-0.1, -0.05) is 29.8 Å². The highest BCUT2D eigenvalue weighted by atomic mass is 35.5. The van der Waals surface area contributed by atoms with Gasteiger partial charge in [0.15, 0.2) is 0 Å². The van der Waals surface area contributed by atoms with Gasteiger partial charge in [0.1, 0.15) is 11.6 Å². The Hall–Kier alpha value is -2.79. The number of rotatable bonds is 5. The summed E-state index contributed by atoms with van der Waals surface area (Å²) in [6.07, 6.45) is 1.69. The number of anilines is 4. The standard InChI is InChI=1S/C19H19ClN4O/c1-12-10-13(2)18(14(20)11-12)24-19-21-9-8-17(23-19)22-15-6-4-5-7-16(15)25-3/h4-11H,1-3H3,(H2,21,22,23,24). The van der Waals surface area contributed by atoms with E-state index in [0.29, 0.717) is 16.8 Å². The molecule has 5 nitrogen and oxygen atoms in total. The third-order valence-corrected chi connectivity index (χ3v) is 3.99. The topological polar surface area (TPSA) is 59.1 Å². The minimum Gasteiger partial charge on any atom is -0.495 e. The Kier molecular flexibility index (Phi) is 5.05. The Balaban J connectivity index is 1.85. The molecule has 2 aromatic carbocycles. The molecule has 6 heteroatoms. The first-order valence-corrected chi connectivity index (χ1v) is 8.21. The molecule has 0 amide bonds. The van der Waals surface area contributed by atoms with E-state index < -0.39 is 0 Å². The average molecular weight is 355 g/mol. The van der Waals surface area contributed by atoms with Crippen LogP contribution in [0.2, 0.25) is 5.02 Å². The Morgan fingerprint density at radius 3 is 2.60 bits per heavy atom. The Bertz CT molecular complexity index is 875. The molecule has 3 rings (SSSR count). The van der Waals surface area contributed by atoms with Crippen LogP contribution >= 0.6 is 11.6 Å². The van der Waals surface area contributed by atoms with Gasteiger partial charge in [-0.05, 0) is 49.2 Å². The van der Waals surface area contributed by atoms with Gasteiger partial charge in [0.25, 0.3) is 0 Å². The molecule has 1 heterocycles. The molecular formula is C19H19ClN4O. The second-order valence-corrected chi connectivity index (χ2v) is 6.06. The van der Waals surface area contributed by atoms with Crippen LogP contribution in [-0.2, 0) is 0 Å². The highest BCUT2D eigenvalue weighted by Crippen LogP contribution is 2.30. The van der Waals surface area contributed by atoms with Gasteiger partial charge in [-0.3, -0.25) is 0 Å². The summed E-state index contributed by atoms with van der Waals surface area (Å²) in [7, 11) is 1.63. The number of nitrogens with one attached hydrogen (secondary N) is 2. The van der Waals surface area contributed by atoms with Crippen LogP contribution in [0.5, 0.6) is 5.75 Å². The van der Waals surface area contributed by atoms with Crippen molar-refractivity contribution in [2.24, 2.45) is 0 Å². The van der Waals surface area contributed by atoms with Crippen molar-refractivity contribution in [3.63, 3.8) is 0 Å². The fourth-order valence-electron chi connectivity index (χ4n) is 2.56. The van der Waals surface area contributed by atoms with Gasteiger partial charge >= 0.3 is 0 Å². The van der Waals surface area contributed by atoms with Crippen LogP contribution < -0.4 is 15.4 Å². The highest BCUT2D eigenvalue weighted by molar-refractivity contribution is 6.33. The van der Waals surface area contributed by atoms with Crippen LogP contribution in [0.25, 0.3) is 0 Å². The average Bonchev–Trinajstić information content (AvgIpc) is 2.59. The van der Waals surface area contributed by atoms with E-state index in [1.807, 2.05) is 44.2 Å². The lowest BCUT2D eigenvalue weighted by atomic mass is 10.1. The van der Waals surface area contributed by atoms with E-state index in [1.54, 1.807) is 19.4 Å². The maximum atomic E-state index is 6.34. The molecule has 0 saturated carbocycles. The number of aromatic nitrogens is 2. The molecule has 0 bridgehead atoms. The van der Waals surface area contributed by atoms with Crippen LogP contribution in [0.15, 0.2) is 48.7 Å². The lowest BCUT2D eigenvalue weighted by Crippen LogP contribution is -2.02. The number of nitrogens with zero attached hydrogens (tertiary/aromatic N) is 2. The first kappa shape index (κ1) is 17.0. The number of halogens is 1. The van der Waals surface area contributed by atoms with Crippen LogP contribution in [0.4, 0.5) is 23.1 Å². The SMILES string of the molecule is COc1ccccc1Nc1ccnc(Nc2c(C)cc(C)cc2Cl)n1. The summed E-state index contributed by atoms with van der Waals surface area (Å²) in [6, 6.07) is 13.4. The summed E-state index contributed by atoms with van der Waals surface area (Å²) in [5, 5.41) is 7.08. The molecule has 128 valence electrons. The van der Waals surface area contributed by atoms with E-state index in [0.717, 1.165) is 28.3 Å². The van der Waals surface area contributed by atoms with Gasteiger partial charge in [-0.15, -0.1) is 0 Å². The van der Waals surface area contributed by atoms with Crippen molar-refractivity contribution in [3.05, 3.63) is 64.8 Å². The van der Waals surface area contributed by atoms with Crippen molar-refractivity contribution in [1.82, 2.24) is 9.97 Å². The van der Waals surface area contributed by atoms with Gasteiger partial charge < -0.3 is 15.4 Å². The highest BCUT2D eigenvalue weighted by Gasteiger charge is 2.09. The molecule has 0 unspecified atom stereocenters. The Morgan fingerprint density at radius 1 is 1.04 bits per heavy atom. The third-order valence-electron chi connectivity index (χ3n) is 3.69. The zero-order chi connectivity index (χ0) is 17.8. The van der Waals surface area contributed by atoms with Crippen molar-refractivity contribution in [2.75, 3.05) is 17.7 Å². The molecule has 0 radical (unpaired) electrons. The largest absolute Gasteiger partial charge is 0.495 e. The number of aryl methyl sites for hydroxylation is 2. The van der Waals surface area contributed by atoms with Gasteiger partial charge in [-0.25, -0.2) is 4.98 Å². The van der Waals surface area contributed by atoms with Crippen molar-refractivity contribution in [1.29, 1.82) is 0 Å². The van der Waals surface area contributed by atoms with E-state index >= 15 is 0 Å². The van der Waals surface area contributed by atoms with Crippen molar-refractivity contribution < 1.29 is 4.74 Å². The molecule has 1 aromatic heterocycles. The molecule has 0 atom stereocenters. The minimum atomic E-state index is 0.466. The molecule has 0 aliphatic carbocycles. The summed E-state index contributed by atoms with van der Waals surface area (Å²) in [4.78, 5) is 8.77. The molecule has 25 heavy (non-hydrogen) atoms. The zero-order valence-corrected chi connectivity index (χ0v) is 15.1. The molecule has 0 spiro atoms. The number of methoxy groups -OCH3 is 1. The zero-order valence-electron chi connectivity index (χ0n) is 14.3. The van der Waals surface area contributed by atoms with E-state index in [2.05, 4.69) is 26.7 Å². The lowest BCUT2D eigenvalue weighted by Gasteiger charge is -2.13. The minimum absolute atomic E-state index is 0.466. The van der Waals surface area contributed by atoms with E-state index in [-0.39, 0.29) is 0 Å². The first-order chi connectivity index (χ1) is 12.1. The number of ether oxygens (including phenoxy) is 1. The predicted molar refractivity (Wildman–Crippen MR) is 103 cm³/mol. The summed E-state index contributed by atoms with van der Waals surface area (Å²) in [5.41, 5.74) is 3.79. The smallest absolute Gasteiger partial charge is 0.229 e. The summed E-state index contributed by atoms with van der Waals surface area (Å²) < 4.78 is 5.35. The van der Waals surface area contributed by atoms with Crippen LogP contribution in [0.1, 0.15) is 11.1 Å². The summed E-state index contributed by atoms with van der Waals surface area (Å²) in [5.74, 6) is 1.87. The van der Waals surface area contributed by atoms with Crippen LogP contribution in [0, 0.1) is 13.8 Å². The fraction of sp³-hybridized carbons (Fsp3) is 0.158. The third kappa shape index (κ3) is 4.00. The Morgan fingerprint density at radius 2 is 1.84 bits per heavy atom. The monoisotopic (exact) mass is 354 g/mol. The number of para-hydroxylation sites is 2. The molecular weight excluding hydrogens is 336 g/mol. The van der Waals surface area contributed by atoms with Crippen LogP contribution in [0.3, 0.4) is 0 Å². The van der Waals surface area contributed by atoms with Gasteiger partial charge in [0.2, 0.25) is 5.95 Å². The Labute approximate surface area is 152 Å². The summed E-state index contributed by atoms with van der Waals surface area (Å²) in [6.45, 7) is 4.01. The van der Waals surface area contributed by atoms with E-state index in [9.17, 15) is 0 Å².